The topological polar surface area (TPSA) is 114 Å². The lowest BCUT2D eigenvalue weighted by Crippen LogP contribution is -2.41. The van der Waals surface area contributed by atoms with E-state index in [1.807, 2.05) is 0 Å². The first kappa shape index (κ1) is 24.3. The molecule has 2 heterocycles. The van der Waals surface area contributed by atoms with Crippen LogP contribution in [0.5, 0.6) is 0 Å². The summed E-state index contributed by atoms with van der Waals surface area (Å²) >= 11 is 0. The Balaban J connectivity index is 1.37. The van der Waals surface area contributed by atoms with Gasteiger partial charge in [-0.2, -0.15) is 4.31 Å². The molecule has 0 bridgehead atoms. The molecule has 0 aliphatic carbocycles. The molecule has 2 aromatic rings. The minimum absolute atomic E-state index is 0.0243. The van der Waals surface area contributed by atoms with Gasteiger partial charge in [0.05, 0.1) is 36.3 Å². The van der Waals surface area contributed by atoms with Gasteiger partial charge in [-0.15, -0.1) is 0 Å². The molecule has 9 nitrogen and oxygen atoms in total. The number of carbonyl (C=O) groups is 2. The third kappa shape index (κ3) is 6.20. The average molecular weight is 488 g/mol. The highest BCUT2D eigenvalue weighted by Gasteiger charge is 2.24. The Morgan fingerprint density at radius 2 is 1.71 bits per heavy atom. The molecule has 2 saturated heterocycles. The molecule has 182 valence electrons. The summed E-state index contributed by atoms with van der Waals surface area (Å²) in [5.74, 6) is -0.806. The number of nitrogens with zero attached hydrogens (tertiary/aromatic N) is 1. The lowest BCUT2D eigenvalue weighted by Gasteiger charge is -2.26. The number of sulfonamides is 1. The van der Waals surface area contributed by atoms with Crippen molar-refractivity contribution in [2.45, 2.75) is 24.7 Å². The zero-order chi connectivity index (χ0) is 24.0. The lowest BCUT2D eigenvalue weighted by atomic mass is 10.1. The number of hydrogen-bond donors (Lipinski definition) is 2. The van der Waals surface area contributed by atoms with Gasteiger partial charge in [0.2, 0.25) is 10.0 Å². The Morgan fingerprint density at radius 3 is 2.41 bits per heavy atom. The Hall–Kier alpha value is -2.79. The average Bonchev–Trinajstić information content (AvgIpc) is 3.37. The van der Waals surface area contributed by atoms with E-state index in [9.17, 15) is 18.0 Å². The van der Waals surface area contributed by atoms with Crippen molar-refractivity contribution in [1.82, 2.24) is 9.62 Å². The van der Waals surface area contributed by atoms with Crippen molar-refractivity contribution in [1.29, 1.82) is 0 Å². The monoisotopic (exact) mass is 487 g/mol. The van der Waals surface area contributed by atoms with Crippen LogP contribution in [0.1, 0.15) is 39.1 Å². The second-order valence-corrected chi connectivity index (χ2v) is 10.3. The van der Waals surface area contributed by atoms with Crippen LogP contribution in [0.25, 0.3) is 0 Å². The molecule has 2 fully saturated rings. The van der Waals surface area contributed by atoms with E-state index < -0.39 is 10.0 Å². The number of morpholine rings is 1. The smallest absolute Gasteiger partial charge is 0.255 e. The fourth-order valence-electron chi connectivity index (χ4n) is 3.97. The fraction of sp³-hybridized carbons (Fsp3) is 0.417. The van der Waals surface area contributed by atoms with E-state index in [0.717, 1.165) is 12.8 Å². The van der Waals surface area contributed by atoms with Crippen LogP contribution in [0.3, 0.4) is 0 Å². The van der Waals surface area contributed by atoms with Gasteiger partial charge in [0, 0.05) is 31.8 Å². The highest BCUT2D eigenvalue weighted by atomic mass is 32.2. The van der Waals surface area contributed by atoms with E-state index >= 15 is 0 Å². The molecule has 34 heavy (non-hydrogen) atoms. The molecule has 0 spiro atoms. The van der Waals surface area contributed by atoms with E-state index in [-0.39, 0.29) is 23.7 Å². The number of anilines is 1. The first-order valence-corrected chi connectivity index (χ1v) is 13.0. The van der Waals surface area contributed by atoms with E-state index in [1.54, 1.807) is 48.5 Å². The number of ether oxygens (including phenoxy) is 2. The van der Waals surface area contributed by atoms with Gasteiger partial charge >= 0.3 is 0 Å². The van der Waals surface area contributed by atoms with Crippen LogP contribution < -0.4 is 10.6 Å². The van der Waals surface area contributed by atoms with Crippen LogP contribution in [0.2, 0.25) is 0 Å². The van der Waals surface area contributed by atoms with Gasteiger partial charge in [-0.25, -0.2) is 8.42 Å². The Kier molecular flexibility index (Phi) is 7.94. The Morgan fingerprint density at radius 1 is 0.971 bits per heavy atom. The van der Waals surface area contributed by atoms with Crippen LogP contribution in [0, 0.1) is 0 Å². The minimum atomic E-state index is -3.45. The maximum atomic E-state index is 12.8. The molecule has 0 radical (unpaired) electrons. The molecule has 0 saturated carbocycles. The molecular formula is C24H29N3O6S. The lowest BCUT2D eigenvalue weighted by molar-refractivity contribution is 0.0729. The highest BCUT2D eigenvalue weighted by Crippen LogP contribution is 2.18. The molecule has 0 unspecified atom stereocenters. The summed E-state index contributed by atoms with van der Waals surface area (Å²) in [6, 6.07) is 13.2. The van der Waals surface area contributed by atoms with E-state index in [4.69, 9.17) is 9.47 Å². The fourth-order valence-corrected chi connectivity index (χ4v) is 5.47. The molecule has 10 heteroatoms. The summed E-state index contributed by atoms with van der Waals surface area (Å²) in [6.07, 6.45) is 1.93. The van der Waals surface area contributed by atoms with Gasteiger partial charge in [0.15, 0.2) is 0 Å². The minimum Gasteiger partial charge on any atom is -0.379 e. The molecule has 2 amide bonds. The van der Waals surface area contributed by atoms with E-state index in [2.05, 4.69) is 10.6 Å². The summed E-state index contributed by atoms with van der Waals surface area (Å²) in [7, 11) is -3.45. The summed E-state index contributed by atoms with van der Waals surface area (Å²) in [6.45, 7) is 2.63. The third-order valence-electron chi connectivity index (χ3n) is 5.86. The van der Waals surface area contributed by atoms with Gasteiger partial charge in [0.1, 0.15) is 0 Å². The summed E-state index contributed by atoms with van der Waals surface area (Å²) in [5, 5.41) is 5.65. The number of para-hydroxylation sites is 1. The molecular weight excluding hydrogens is 458 g/mol. The maximum absolute atomic E-state index is 12.8. The van der Waals surface area contributed by atoms with Crippen molar-refractivity contribution in [2.24, 2.45) is 0 Å². The van der Waals surface area contributed by atoms with E-state index in [1.165, 1.54) is 4.31 Å². The molecule has 2 N–H and O–H groups in total. The molecule has 2 aliphatic rings. The SMILES string of the molecule is O=C(Nc1ccccc1C(=O)NC[C@@H]1CCCO1)c1ccc(CS(=O)(=O)N2CCOCC2)cc1. The van der Waals surface area contributed by atoms with Crippen LogP contribution in [-0.4, -0.2) is 70.1 Å². The molecule has 2 aromatic carbocycles. The number of rotatable bonds is 8. The maximum Gasteiger partial charge on any atom is 0.255 e. The number of benzene rings is 2. The van der Waals surface area contributed by atoms with Crippen molar-refractivity contribution in [3.8, 4) is 0 Å². The van der Waals surface area contributed by atoms with Gasteiger partial charge < -0.3 is 20.1 Å². The molecule has 4 rings (SSSR count). The Labute approximate surface area is 199 Å². The first-order valence-electron chi connectivity index (χ1n) is 11.4. The highest BCUT2D eigenvalue weighted by molar-refractivity contribution is 7.88. The third-order valence-corrected chi connectivity index (χ3v) is 7.71. The van der Waals surface area contributed by atoms with Gasteiger partial charge in [0.25, 0.3) is 11.8 Å². The second-order valence-electron chi connectivity index (χ2n) is 8.31. The van der Waals surface area contributed by atoms with Crippen molar-refractivity contribution >= 4 is 27.5 Å². The van der Waals surface area contributed by atoms with Crippen LogP contribution >= 0.6 is 0 Å². The number of nitrogens with one attached hydrogen (secondary N) is 2. The first-order chi connectivity index (χ1) is 16.4. The van der Waals surface area contributed by atoms with Crippen LogP contribution in [-0.2, 0) is 25.2 Å². The van der Waals surface area contributed by atoms with Gasteiger partial charge in [-0.3, -0.25) is 9.59 Å². The van der Waals surface area contributed by atoms with Gasteiger partial charge in [-0.05, 0) is 42.7 Å². The second kappa shape index (κ2) is 11.1. The van der Waals surface area contributed by atoms with Crippen LogP contribution in [0.15, 0.2) is 48.5 Å². The van der Waals surface area contributed by atoms with Crippen molar-refractivity contribution < 1.29 is 27.5 Å². The zero-order valence-corrected chi connectivity index (χ0v) is 19.7. The number of hydrogen-bond acceptors (Lipinski definition) is 6. The predicted octanol–water partition coefficient (Wildman–Crippen LogP) is 2.01. The Bertz CT molecular complexity index is 1110. The molecule has 2 aliphatic heterocycles. The standard InChI is InChI=1S/C24H29N3O6S/c28-23(19-9-7-18(8-10-19)17-34(30,31)27-11-14-32-15-12-27)26-22-6-2-1-5-21(22)24(29)25-16-20-4-3-13-33-20/h1-2,5-10,20H,3-4,11-17H2,(H,25,29)(H,26,28)/t20-/m0/s1. The van der Waals surface area contributed by atoms with Crippen molar-refractivity contribution in [3.63, 3.8) is 0 Å². The largest absolute Gasteiger partial charge is 0.379 e. The quantitative estimate of drug-likeness (QED) is 0.589. The predicted molar refractivity (Wildman–Crippen MR) is 127 cm³/mol. The number of carbonyl (C=O) groups excluding carboxylic acids is 2. The van der Waals surface area contributed by atoms with Crippen molar-refractivity contribution in [2.75, 3.05) is 44.8 Å². The molecule has 1 atom stereocenters. The zero-order valence-electron chi connectivity index (χ0n) is 18.9. The normalized spacial score (nSPS) is 19.0. The summed E-state index contributed by atoms with van der Waals surface area (Å²) < 4.78 is 37.4. The van der Waals surface area contributed by atoms with Gasteiger partial charge in [-0.1, -0.05) is 24.3 Å². The summed E-state index contributed by atoms with van der Waals surface area (Å²) in [4.78, 5) is 25.5. The number of amides is 2. The van der Waals surface area contributed by atoms with Crippen LogP contribution in [0.4, 0.5) is 5.69 Å². The van der Waals surface area contributed by atoms with E-state index in [0.29, 0.717) is 61.8 Å². The van der Waals surface area contributed by atoms with Crippen molar-refractivity contribution in [3.05, 3.63) is 65.2 Å². The molecule has 0 aromatic heterocycles. The summed E-state index contributed by atoms with van der Waals surface area (Å²) in [5.41, 5.74) is 1.72.